The van der Waals surface area contributed by atoms with Crippen LogP contribution < -0.4 is 0 Å². The molecule has 0 N–H and O–H groups in total. The molecule has 6 heteroatoms. The van der Waals surface area contributed by atoms with Crippen molar-refractivity contribution in [2.24, 2.45) is 0 Å². The molecule has 0 fully saturated rings. The fourth-order valence-corrected chi connectivity index (χ4v) is 2.63. The van der Waals surface area contributed by atoms with Gasteiger partial charge in [0, 0.05) is 10.6 Å². The van der Waals surface area contributed by atoms with Gasteiger partial charge in [0.25, 0.3) is 0 Å². The lowest BCUT2D eigenvalue weighted by Gasteiger charge is -2.11. The summed E-state index contributed by atoms with van der Waals surface area (Å²) in [5, 5.41) is 0.428. The molecule has 0 saturated carbocycles. The van der Waals surface area contributed by atoms with Crippen LogP contribution >= 0.6 is 35.0 Å². The molecule has 0 bridgehead atoms. The highest BCUT2D eigenvalue weighted by molar-refractivity contribution is 8.01. The van der Waals surface area contributed by atoms with Gasteiger partial charge < -0.3 is 4.74 Å². The van der Waals surface area contributed by atoms with E-state index in [-0.39, 0.29) is 22.8 Å². The average molecular weight is 321 g/mol. The first kappa shape index (κ1) is 16.3. The van der Waals surface area contributed by atoms with E-state index >= 15 is 0 Å². The first-order valence-corrected chi connectivity index (χ1v) is 7.52. The van der Waals surface area contributed by atoms with E-state index in [2.05, 4.69) is 0 Å². The third kappa shape index (κ3) is 5.05. The molecule has 1 atom stereocenters. The molecule has 0 radical (unpaired) electrons. The normalized spacial score (nSPS) is 12.0. The Morgan fingerprint density at radius 1 is 1.37 bits per heavy atom. The Bertz CT molecular complexity index is 477. The highest BCUT2D eigenvalue weighted by Crippen LogP contribution is 2.25. The highest BCUT2D eigenvalue weighted by Gasteiger charge is 2.19. The van der Waals surface area contributed by atoms with Crippen molar-refractivity contribution in [3.05, 3.63) is 33.8 Å². The largest absolute Gasteiger partial charge is 0.465 e. The zero-order chi connectivity index (χ0) is 14.4. The maximum Gasteiger partial charge on any atom is 0.315 e. The topological polar surface area (TPSA) is 43.4 Å². The number of thioether (sulfide) groups is 1. The number of ketones is 1. The van der Waals surface area contributed by atoms with Crippen LogP contribution in [0.15, 0.2) is 18.2 Å². The molecular formula is C13H14Cl2O3S. The van der Waals surface area contributed by atoms with Crippen LogP contribution in [-0.4, -0.2) is 29.4 Å². The predicted molar refractivity (Wildman–Crippen MR) is 79.3 cm³/mol. The second-order valence-corrected chi connectivity index (χ2v) is 5.92. The molecule has 104 valence electrons. The van der Waals surface area contributed by atoms with Gasteiger partial charge in [-0.25, -0.2) is 0 Å². The van der Waals surface area contributed by atoms with Gasteiger partial charge in [-0.05, 0) is 32.0 Å². The number of carbonyl (C=O) groups is 2. The van der Waals surface area contributed by atoms with E-state index in [1.807, 2.05) is 0 Å². The Kier molecular flexibility index (Phi) is 6.69. The number of ether oxygens (including phenoxy) is 1. The summed E-state index contributed by atoms with van der Waals surface area (Å²) in [6.07, 6.45) is 0. The molecule has 0 heterocycles. The molecule has 1 rings (SSSR count). The van der Waals surface area contributed by atoms with Crippen molar-refractivity contribution in [2.45, 2.75) is 19.1 Å². The summed E-state index contributed by atoms with van der Waals surface area (Å²) in [5.74, 6) is -0.309. The number of halogens is 2. The third-order valence-corrected chi connectivity index (χ3v) is 3.99. The van der Waals surface area contributed by atoms with Gasteiger partial charge in [0.15, 0.2) is 5.78 Å². The summed E-state index contributed by atoms with van der Waals surface area (Å²) < 4.78 is 4.80. The number of Topliss-reactive ketones (excluding diaryl/α,β-unsaturated/α-hetero) is 1. The second kappa shape index (κ2) is 7.78. The van der Waals surface area contributed by atoms with E-state index in [4.69, 9.17) is 27.9 Å². The van der Waals surface area contributed by atoms with E-state index in [0.717, 1.165) is 0 Å². The number of hydrogen-bond donors (Lipinski definition) is 0. The minimum Gasteiger partial charge on any atom is -0.465 e. The molecule has 0 spiro atoms. The van der Waals surface area contributed by atoms with Crippen LogP contribution in [0.3, 0.4) is 0 Å². The maximum absolute atomic E-state index is 12.1. The van der Waals surface area contributed by atoms with Crippen molar-refractivity contribution >= 4 is 46.7 Å². The van der Waals surface area contributed by atoms with E-state index < -0.39 is 0 Å². The van der Waals surface area contributed by atoms with Crippen molar-refractivity contribution in [2.75, 3.05) is 12.4 Å². The van der Waals surface area contributed by atoms with E-state index in [1.54, 1.807) is 26.0 Å². The van der Waals surface area contributed by atoms with Gasteiger partial charge in [-0.3, -0.25) is 9.59 Å². The third-order valence-electron chi connectivity index (χ3n) is 2.32. The Morgan fingerprint density at radius 3 is 2.63 bits per heavy atom. The maximum atomic E-state index is 12.1. The highest BCUT2D eigenvalue weighted by atomic mass is 35.5. The fraction of sp³-hybridized carbons (Fsp3) is 0.385. The second-order valence-electron chi connectivity index (χ2n) is 3.75. The fourth-order valence-electron chi connectivity index (χ4n) is 1.38. The molecule has 0 saturated heterocycles. The van der Waals surface area contributed by atoms with Crippen LogP contribution in [-0.2, 0) is 9.53 Å². The van der Waals surface area contributed by atoms with Crippen LogP contribution in [0.25, 0.3) is 0 Å². The van der Waals surface area contributed by atoms with Gasteiger partial charge in [-0.1, -0.05) is 23.2 Å². The molecule has 1 unspecified atom stereocenters. The summed E-state index contributed by atoms with van der Waals surface area (Å²) >= 11 is 13.0. The van der Waals surface area contributed by atoms with Crippen LogP contribution in [0.1, 0.15) is 24.2 Å². The molecule has 0 aromatic heterocycles. The van der Waals surface area contributed by atoms with Gasteiger partial charge >= 0.3 is 5.97 Å². The van der Waals surface area contributed by atoms with Crippen molar-refractivity contribution < 1.29 is 14.3 Å². The SMILES string of the molecule is CCOC(=O)CSC(C)C(=O)c1ccc(Cl)cc1Cl. The number of carbonyl (C=O) groups excluding carboxylic acids is 2. The quantitative estimate of drug-likeness (QED) is 0.589. The minimum absolute atomic E-state index is 0.129. The lowest BCUT2D eigenvalue weighted by atomic mass is 10.1. The van der Waals surface area contributed by atoms with Gasteiger partial charge in [0.2, 0.25) is 0 Å². The lowest BCUT2D eigenvalue weighted by molar-refractivity contribution is -0.139. The first-order valence-electron chi connectivity index (χ1n) is 5.72. The minimum atomic E-state index is -0.372. The molecular weight excluding hydrogens is 307 g/mol. The van der Waals surface area contributed by atoms with Gasteiger partial charge in [-0.15, -0.1) is 11.8 Å². The first-order chi connectivity index (χ1) is 8.95. The van der Waals surface area contributed by atoms with Crippen molar-refractivity contribution in [3.63, 3.8) is 0 Å². The summed E-state index contributed by atoms with van der Waals surface area (Å²) in [6.45, 7) is 3.81. The van der Waals surface area contributed by atoms with E-state index in [0.29, 0.717) is 22.2 Å². The van der Waals surface area contributed by atoms with Crippen LogP contribution in [0, 0.1) is 0 Å². The Balaban J connectivity index is 2.64. The van der Waals surface area contributed by atoms with Gasteiger partial charge in [0.05, 0.1) is 22.6 Å². The van der Waals surface area contributed by atoms with Crippen molar-refractivity contribution in [3.8, 4) is 0 Å². The molecule has 0 amide bonds. The Hall–Kier alpha value is -0.710. The molecule has 0 aliphatic heterocycles. The predicted octanol–water partition coefficient (Wildman–Crippen LogP) is 3.86. The van der Waals surface area contributed by atoms with Crippen molar-refractivity contribution in [1.82, 2.24) is 0 Å². The number of rotatable bonds is 6. The lowest BCUT2D eigenvalue weighted by Crippen LogP contribution is -2.17. The molecule has 0 aliphatic rings. The Labute approximate surface area is 126 Å². The van der Waals surface area contributed by atoms with Gasteiger partial charge in [0.1, 0.15) is 0 Å². The molecule has 1 aromatic carbocycles. The van der Waals surface area contributed by atoms with Crippen LogP contribution in [0.4, 0.5) is 0 Å². The Morgan fingerprint density at radius 2 is 2.05 bits per heavy atom. The van der Waals surface area contributed by atoms with Gasteiger partial charge in [-0.2, -0.15) is 0 Å². The number of benzene rings is 1. The monoisotopic (exact) mass is 320 g/mol. The standard InChI is InChI=1S/C13H14Cl2O3S/c1-3-18-12(16)7-19-8(2)13(17)10-5-4-9(14)6-11(10)15/h4-6,8H,3,7H2,1-2H3. The van der Waals surface area contributed by atoms with E-state index in [9.17, 15) is 9.59 Å². The average Bonchev–Trinajstić information content (AvgIpc) is 2.35. The number of hydrogen-bond acceptors (Lipinski definition) is 4. The smallest absolute Gasteiger partial charge is 0.315 e. The summed E-state index contributed by atoms with van der Waals surface area (Å²) in [4.78, 5) is 23.4. The van der Waals surface area contributed by atoms with Crippen LogP contribution in [0.2, 0.25) is 10.0 Å². The van der Waals surface area contributed by atoms with Crippen LogP contribution in [0.5, 0.6) is 0 Å². The van der Waals surface area contributed by atoms with E-state index in [1.165, 1.54) is 17.8 Å². The summed E-state index contributed by atoms with van der Waals surface area (Å²) in [6, 6.07) is 4.73. The number of esters is 1. The zero-order valence-electron chi connectivity index (χ0n) is 10.6. The molecule has 3 nitrogen and oxygen atoms in total. The zero-order valence-corrected chi connectivity index (χ0v) is 12.9. The molecule has 19 heavy (non-hydrogen) atoms. The summed E-state index contributed by atoms with van der Waals surface area (Å²) in [7, 11) is 0. The summed E-state index contributed by atoms with van der Waals surface area (Å²) in [5.41, 5.74) is 0.412. The molecule has 1 aromatic rings. The molecule has 0 aliphatic carbocycles. The van der Waals surface area contributed by atoms with Crippen molar-refractivity contribution in [1.29, 1.82) is 0 Å².